The van der Waals surface area contributed by atoms with E-state index in [2.05, 4.69) is 46.7 Å². The van der Waals surface area contributed by atoms with Gasteiger partial charge >= 0.3 is 0 Å². The number of fused-ring (bicyclic) bond motifs is 1. The molecule has 188 valence electrons. The van der Waals surface area contributed by atoms with E-state index in [0.717, 1.165) is 72.9 Å². The number of nitrogens with zero attached hydrogens (tertiary/aromatic N) is 5. The van der Waals surface area contributed by atoms with E-state index in [4.69, 9.17) is 4.74 Å². The Morgan fingerprint density at radius 3 is 2.72 bits per heavy atom. The van der Waals surface area contributed by atoms with Crippen molar-refractivity contribution in [3.63, 3.8) is 0 Å². The van der Waals surface area contributed by atoms with Gasteiger partial charge in [0, 0.05) is 43.3 Å². The first-order chi connectivity index (χ1) is 17.6. The molecule has 1 atom stereocenters. The number of ether oxygens (including phenoxy) is 1. The SMILES string of the molecule is CN(C)CCNc1ccc(NC(O)c2[nH]nc3ccc(-c4cncc(N5CCOCC5)c4)cc23)cn1. The highest BCUT2D eigenvalue weighted by Gasteiger charge is 2.17. The zero-order valence-electron chi connectivity index (χ0n) is 20.6. The summed E-state index contributed by atoms with van der Waals surface area (Å²) in [6, 6.07) is 11.9. The van der Waals surface area contributed by atoms with Crippen LogP contribution in [0.25, 0.3) is 22.0 Å². The van der Waals surface area contributed by atoms with Gasteiger partial charge in [-0.05, 0) is 50.0 Å². The minimum atomic E-state index is -0.975. The van der Waals surface area contributed by atoms with Crippen LogP contribution < -0.4 is 15.5 Å². The molecule has 10 heteroatoms. The molecule has 1 aliphatic heterocycles. The van der Waals surface area contributed by atoms with E-state index >= 15 is 0 Å². The van der Waals surface area contributed by atoms with Crippen LogP contribution in [0.1, 0.15) is 11.9 Å². The second-order valence-corrected chi connectivity index (χ2v) is 9.11. The summed E-state index contributed by atoms with van der Waals surface area (Å²) < 4.78 is 5.47. The minimum Gasteiger partial charge on any atom is -0.378 e. The Morgan fingerprint density at radius 2 is 1.94 bits per heavy atom. The monoisotopic (exact) mass is 488 g/mol. The number of hydrogen-bond acceptors (Lipinski definition) is 9. The van der Waals surface area contributed by atoms with Gasteiger partial charge < -0.3 is 30.3 Å². The Kier molecular flexibility index (Phi) is 7.26. The molecule has 1 unspecified atom stereocenters. The third kappa shape index (κ3) is 5.56. The summed E-state index contributed by atoms with van der Waals surface area (Å²) in [6.07, 6.45) is 4.48. The van der Waals surface area contributed by atoms with Crippen molar-refractivity contribution in [3.8, 4) is 11.1 Å². The lowest BCUT2D eigenvalue weighted by Crippen LogP contribution is -2.36. The van der Waals surface area contributed by atoms with Gasteiger partial charge in [0.2, 0.25) is 0 Å². The number of rotatable bonds is 9. The third-order valence-electron chi connectivity index (χ3n) is 6.22. The van der Waals surface area contributed by atoms with Crippen LogP contribution in [0.3, 0.4) is 0 Å². The normalized spacial score (nSPS) is 14.8. The summed E-state index contributed by atoms with van der Waals surface area (Å²) in [5.74, 6) is 0.793. The van der Waals surface area contributed by atoms with Crippen molar-refractivity contribution in [2.45, 2.75) is 6.23 Å². The van der Waals surface area contributed by atoms with Crippen LogP contribution in [-0.4, -0.2) is 83.7 Å². The molecule has 3 aromatic heterocycles. The van der Waals surface area contributed by atoms with E-state index in [-0.39, 0.29) is 0 Å². The zero-order chi connectivity index (χ0) is 24.9. The molecule has 10 nitrogen and oxygen atoms in total. The van der Waals surface area contributed by atoms with Crippen LogP contribution in [0.5, 0.6) is 0 Å². The molecular formula is C26H32N8O2. The highest BCUT2D eigenvalue weighted by atomic mass is 16.5. The highest BCUT2D eigenvalue weighted by molar-refractivity contribution is 5.87. The molecule has 0 bridgehead atoms. The van der Waals surface area contributed by atoms with E-state index in [1.165, 1.54) is 0 Å². The quantitative estimate of drug-likeness (QED) is 0.264. The van der Waals surface area contributed by atoms with Gasteiger partial charge in [0.05, 0.1) is 48.2 Å². The summed E-state index contributed by atoms with van der Waals surface area (Å²) >= 11 is 0. The van der Waals surface area contributed by atoms with E-state index in [0.29, 0.717) is 11.4 Å². The highest BCUT2D eigenvalue weighted by Crippen LogP contribution is 2.30. The van der Waals surface area contributed by atoms with Gasteiger partial charge in [-0.15, -0.1) is 0 Å². The fourth-order valence-electron chi connectivity index (χ4n) is 4.22. The van der Waals surface area contributed by atoms with Crippen LogP contribution in [-0.2, 0) is 4.74 Å². The van der Waals surface area contributed by atoms with Crippen molar-refractivity contribution in [3.05, 3.63) is 60.7 Å². The molecule has 1 aromatic carbocycles. The summed E-state index contributed by atoms with van der Waals surface area (Å²) in [5.41, 5.74) is 5.19. The number of nitrogens with one attached hydrogen (secondary N) is 3. The van der Waals surface area contributed by atoms with E-state index < -0.39 is 6.23 Å². The Morgan fingerprint density at radius 1 is 1.08 bits per heavy atom. The van der Waals surface area contributed by atoms with E-state index in [1.54, 1.807) is 6.20 Å². The standard InChI is InChI=1S/C26H32N8O2/c1-33(2)8-7-28-24-6-4-20(16-29-24)30-26(35)25-22-14-18(3-5-23(22)31-32-25)19-13-21(17-27-15-19)34-9-11-36-12-10-34/h3-6,13-17,26,30,35H,7-12H2,1-2H3,(H,28,29)(H,31,32). The summed E-state index contributed by atoms with van der Waals surface area (Å²) in [6.45, 7) is 4.90. The Labute approximate surface area is 210 Å². The molecule has 4 N–H and O–H groups in total. The first-order valence-electron chi connectivity index (χ1n) is 12.1. The number of anilines is 3. The van der Waals surface area contributed by atoms with E-state index in [9.17, 15) is 5.11 Å². The average molecular weight is 489 g/mol. The van der Waals surface area contributed by atoms with Crippen molar-refractivity contribution in [1.29, 1.82) is 0 Å². The molecule has 4 aromatic rings. The van der Waals surface area contributed by atoms with Crippen LogP contribution in [0.2, 0.25) is 0 Å². The fourth-order valence-corrected chi connectivity index (χ4v) is 4.22. The minimum absolute atomic E-state index is 0.595. The van der Waals surface area contributed by atoms with Crippen molar-refractivity contribution in [1.82, 2.24) is 25.1 Å². The Bertz CT molecular complexity index is 1280. The predicted octanol–water partition coefficient (Wildman–Crippen LogP) is 2.93. The number of benzene rings is 1. The maximum atomic E-state index is 10.9. The van der Waals surface area contributed by atoms with Crippen molar-refractivity contribution in [2.24, 2.45) is 0 Å². The summed E-state index contributed by atoms with van der Waals surface area (Å²) in [5, 5.41) is 25.5. The maximum absolute atomic E-state index is 10.9. The fraction of sp³-hybridized carbons (Fsp3) is 0.346. The van der Waals surface area contributed by atoms with Crippen molar-refractivity contribution in [2.75, 3.05) is 69.0 Å². The van der Waals surface area contributed by atoms with Crippen LogP contribution in [0.15, 0.2) is 55.0 Å². The number of aliphatic hydroxyl groups is 1. The smallest absolute Gasteiger partial charge is 0.168 e. The molecule has 0 saturated carbocycles. The van der Waals surface area contributed by atoms with Crippen LogP contribution in [0.4, 0.5) is 17.2 Å². The maximum Gasteiger partial charge on any atom is 0.168 e. The van der Waals surface area contributed by atoms with Gasteiger partial charge in [-0.25, -0.2) is 4.98 Å². The number of hydrogen-bond donors (Lipinski definition) is 4. The molecular weight excluding hydrogens is 456 g/mol. The van der Waals surface area contributed by atoms with Crippen molar-refractivity contribution < 1.29 is 9.84 Å². The first-order valence-corrected chi connectivity index (χ1v) is 12.1. The van der Waals surface area contributed by atoms with Crippen LogP contribution in [0, 0.1) is 0 Å². The largest absolute Gasteiger partial charge is 0.378 e. The number of pyridine rings is 2. The molecule has 0 spiro atoms. The molecule has 1 aliphatic rings. The van der Waals surface area contributed by atoms with Gasteiger partial charge in [-0.3, -0.25) is 10.1 Å². The zero-order valence-corrected chi connectivity index (χ0v) is 20.6. The number of morpholine rings is 1. The average Bonchev–Trinajstić information content (AvgIpc) is 3.34. The van der Waals surface area contributed by atoms with E-state index in [1.807, 2.05) is 56.8 Å². The Balaban J connectivity index is 1.31. The van der Waals surface area contributed by atoms with Gasteiger partial charge in [0.25, 0.3) is 0 Å². The molecule has 0 radical (unpaired) electrons. The number of aromatic nitrogens is 4. The van der Waals surface area contributed by atoms with Crippen LogP contribution >= 0.6 is 0 Å². The number of aromatic amines is 1. The second-order valence-electron chi connectivity index (χ2n) is 9.11. The number of H-pyrrole nitrogens is 1. The lowest BCUT2D eigenvalue weighted by Gasteiger charge is -2.28. The topological polar surface area (TPSA) is 114 Å². The predicted molar refractivity (Wildman–Crippen MR) is 142 cm³/mol. The van der Waals surface area contributed by atoms with Gasteiger partial charge in [-0.2, -0.15) is 5.10 Å². The molecule has 0 amide bonds. The molecule has 0 aliphatic carbocycles. The lowest BCUT2D eigenvalue weighted by molar-refractivity contribution is 0.122. The molecule has 4 heterocycles. The third-order valence-corrected chi connectivity index (χ3v) is 6.22. The van der Waals surface area contributed by atoms with Gasteiger partial charge in [0.1, 0.15) is 5.82 Å². The number of aliphatic hydroxyl groups excluding tert-OH is 1. The summed E-state index contributed by atoms with van der Waals surface area (Å²) in [4.78, 5) is 13.3. The molecule has 1 saturated heterocycles. The van der Waals surface area contributed by atoms with Gasteiger partial charge in [0.15, 0.2) is 6.23 Å². The second kappa shape index (κ2) is 10.9. The summed E-state index contributed by atoms with van der Waals surface area (Å²) in [7, 11) is 4.07. The molecule has 36 heavy (non-hydrogen) atoms. The van der Waals surface area contributed by atoms with Gasteiger partial charge in [-0.1, -0.05) is 6.07 Å². The Hall–Kier alpha value is -3.73. The number of likely N-dealkylation sites (N-methyl/N-ethyl adjacent to an activating group) is 1. The van der Waals surface area contributed by atoms with Crippen molar-refractivity contribution >= 4 is 28.1 Å². The first kappa shape index (κ1) is 24.0. The molecule has 1 fully saturated rings. The molecule has 5 rings (SSSR count). The lowest BCUT2D eigenvalue weighted by atomic mass is 10.0.